The predicted octanol–water partition coefficient (Wildman–Crippen LogP) is 3.47. The molecule has 6 rings (SSSR count). The number of ketones is 3. The van der Waals surface area contributed by atoms with Crippen LogP contribution in [0.2, 0.25) is 0 Å². The van der Waals surface area contributed by atoms with E-state index in [1.54, 1.807) is 0 Å². The van der Waals surface area contributed by atoms with Crippen LogP contribution in [0.25, 0.3) is 0 Å². The van der Waals surface area contributed by atoms with Crippen LogP contribution in [0, 0.1) is 68.0 Å². The Morgan fingerprint density at radius 3 is 0.978 bits per heavy atom. The summed E-state index contributed by atoms with van der Waals surface area (Å²) in [5.41, 5.74) is -3.28. The number of carbonyl (C=O) groups excluding carboxylic acids is 6. The molecule has 0 saturated heterocycles. The molecular weight excluding hydrogens is 990 g/mol. The second-order valence-corrected chi connectivity index (χ2v) is 21.2. The van der Waals surface area contributed by atoms with E-state index in [1.165, 1.54) is 0 Å². The maximum atomic E-state index is 13.7. The molecule has 0 amide bonds. The quantitative estimate of drug-likeness (QED) is 0.306. The Morgan fingerprint density at radius 1 is 0.587 bits per heavy atom. The number of hydrogen-bond acceptors (Lipinski definition) is 10. The Hall–Kier alpha value is -1.05. The van der Waals surface area contributed by atoms with Gasteiger partial charge in [-0.15, -0.1) is 0 Å². The van der Waals surface area contributed by atoms with Crippen molar-refractivity contribution in [2.24, 2.45) is 68.0 Å². The van der Waals surface area contributed by atoms with Crippen molar-refractivity contribution in [2.75, 3.05) is 0 Å². The van der Waals surface area contributed by atoms with Gasteiger partial charge in [0.2, 0.25) is 0 Å². The molecule has 6 saturated carbocycles. The molecule has 6 bridgehead atoms. The average molecular weight is 1040 g/mol. The fraction of sp³-hybridized carbons (Fsp3) is 0.818. The second kappa shape index (κ2) is 11.5. The first kappa shape index (κ1) is 36.2. The molecule has 0 radical (unpaired) electrons. The Morgan fingerprint density at radius 2 is 0.804 bits per heavy atom. The molecule has 9 unspecified atom stereocenters. The Kier molecular flexibility index (Phi) is 9.06. The molecule has 13 heteroatoms. The summed E-state index contributed by atoms with van der Waals surface area (Å²) in [6.45, 7) is 17.6. The molecular formula is C33H46Bi2O11. The SMILES string of the molecule is CC12CCC(C(C(=O)[O][Bi]([O]C(=O)C3C(=O)C4(C)CCC3C4(C)C)[O]C(=O)C3C(=O)C4(C)CCC3C4(C)C)C1=O)C2(C)C.[O]=[Bi][OH]. The van der Waals surface area contributed by atoms with E-state index in [0.29, 0.717) is 38.5 Å². The van der Waals surface area contributed by atoms with Crippen LogP contribution in [0.15, 0.2) is 0 Å². The van der Waals surface area contributed by atoms with Crippen LogP contribution in [-0.2, 0) is 40.0 Å². The van der Waals surface area contributed by atoms with Gasteiger partial charge in [-0.05, 0) is 0 Å². The summed E-state index contributed by atoms with van der Waals surface area (Å²) in [6.07, 6.45) is 4.11. The summed E-state index contributed by atoms with van der Waals surface area (Å²) >= 11 is -6.86. The van der Waals surface area contributed by atoms with Gasteiger partial charge in [0.1, 0.15) is 0 Å². The number of fused-ring (bicyclic) bond motifs is 6. The van der Waals surface area contributed by atoms with Gasteiger partial charge in [-0.1, -0.05) is 0 Å². The molecule has 0 heterocycles. The van der Waals surface area contributed by atoms with E-state index in [0.717, 1.165) is 0 Å². The van der Waals surface area contributed by atoms with Gasteiger partial charge in [-0.2, -0.15) is 0 Å². The van der Waals surface area contributed by atoms with Gasteiger partial charge in [0.05, 0.1) is 0 Å². The van der Waals surface area contributed by atoms with Gasteiger partial charge < -0.3 is 0 Å². The molecule has 11 nitrogen and oxygen atoms in total. The molecule has 0 aromatic rings. The summed E-state index contributed by atoms with van der Waals surface area (Å²) in [4.78, 5) is 81.5. The molecule has 0 aromatic heterocycles. The molecule has 254 valence electrons. The fourth-order valence-corrected chi connectivity index (χ4v) is 14.0. The van der Waals surface area contributed by atoms with Crippen LogP contribution in [0.1, 0.15) is 101 Å². The van der Waals surface area contributed by atoms with Crippen LogP contribution in [0.4, 0.5) is 0 Å². The van der Waals surface area contributed by atoms with Crippen molar-refractivity contribution in [3.05, 3.63) is 0 Å². The zero-order valence-electron chi connectivity index (χ0n) is 28.1. The zero-order chi connectivity index (χ0) is 34.6. The number of hydrogen-bond donors (Lipinski definition) is 1. The first-order chi connectivity index (χ1) is 21.1. The van der Waals surface area contributed by atoms with Crippen molar-refractivity contribution in [3.8, 4) is 0 Å². The molecule has 6 aliphatic carbocycles. The summed E-state index contributed by atoms with van der Waals surface area (Å²) in [7, 11) is 0. The Bertz CT molecular complexity index is 1260. The molecule has 6 aliphatic rings. The van der Waals surface area contributed by atoms with Crippen LogP contribution in [0.3, 0.4) is 0 Å². The van der Waals surface area contributed by atoms with Crippen molar-refractivity contribution in [1.29, 1.82) is 0 Å². The second-order valence-electron chi connectivity index (χ2n) is 16.7. The van der Waals surface area contributed by atoms with Crippen LogP contribution in [-0.4, -0.2) is 85.2 Å². The van der Waals surface area contributed by atoms with Gasteiger partial charge in [0.25, 0.3) is 0 Å². The van der Waals surface area contributed by atoms with Crippen LogP contribution < -0.4 is 0 Å². The third-order valence-electron chi connectivity index (χ3n) is 14.9. The van der Waals surface area contributed by atoms with Gasteiger partial charge in [0.15, 0.2) is 0 Å². The topological polar surface area (TPSA) is 167 Å². The van der Waals surface area contributed by atoms with Gasteiger partial charge in [0, 0.05) is 0 Å². The summed E-state index contributed by atoms with van der Waals surface area (Å²) in [5, 5.41) is 0. The molecule has 1 N–H and O–H groups in total. The van der Waals surface area contributed by atoms with Crippen molar-refractivity contribution < 1.29 is 43.2 Å². The van der Waals surface area contributed by atoms with Gasteiger partial charge in [-0.25, -0.2) is 0 Å². The van der Waals surface area contributed by atoms with Crippen molar-refractivity contribution in [2.45, 2.75) is 101 Å². The van der Waals surface area contributed by atoms with Crippen LogP contribution in [0.5, 0.6) is 0 Å². The van der Waals surface area contributed by atoms with E-state index in [4.69, 9.17) is 14.4 Å². The van der Waals surface area contributed by atoms with E-state index in [2.05, 4.69) is 0 Å². The standard InChI is InChI=1S/3C11H16O3.2Bi.H2O.O/c3*1-10(2)6-4-5-11(10,3)8(12)7(6)9(13)14;;;;/h3*6-7H,4-5H2,1-3H3,(H,13,14);;;1H2;/q;;;+1;+3;;/p-4. The third-order valence-corrected chi connectivity index (χ3v) is 18.7. The normalized spacial score (nSPS) is 41.8. The van der Waals surface area contributed by atoms with E-state index >= 15 is 0 Å². The third kappa shape index (κ3) is 4.62. The minimum atomic E-state index is -4.78. The molecule has 46 heavy (non-hydrogen) atoms. The first-order valence-corrected chi connectivity index (χ1v) is 23.4. The summed E-state index contributed by atoms with van der Waals surface area (Å²) in [5.74, 6) is -6.91. The number of carbonyl (C=O) groups is 6. The van der Waals surface area contributed by atoms with Gasteiger partial charge in [-0.3, -0.25) is 0 Å². The van der Waals surface area contributed by atoms with E-state index in [-0.39, 0.29) is 35.1 Å². The molecule has 0 spiro atoms. The average Bonchev–Trinajstić information content (AvgIpc) is 3.56. The number of rotatable bonds is 6. The summed E-state index contributed by atoms with van der Waals surface area (Å²) < 4.78 is 33.2. The van der Waals surface area contributed by atoms with E-state index in [9.17, 15) is 28.8 Å². The Balaban J connectivity index is 0.00000134. The predicted molar refractivity (Wildman–Crippen MR) is 162 cm³/mol. The fourth-order valence-electron chi connectivity index (χ4n) is 10.5. The van der Waals surface area contributed by atoms with E-state index < -0.39 is 115 Å². The van der Waals surface area contributed by atoms with Crippen molar-refractivity contribution in [3.63, 3.8) is 0 Å². The van der Waals surface area contributed by atoms with Crippen LogP contribution >= 0.6 is 0 Å². The summed E-state index contributed by atoms with van der Waals surface area (Å²) in [6, 6.07) is 0. The monoisotopic (exact) mass is 1040 g/mol. The Labute approximate surface area is 292 Å². The van der Waals surface area contributed by atoms with Gasteiger partial charge >= 0.3 is 294 Å². The zero-order valence-corrected chi connectivity index (χ0v) is 35.1. The molecule has 6 fully saturated rings. The van der Waals surface area contributed by atoms with Crippen molar-refractivity contribution >= 4 is 82.0 Å². The molecule has 0 aliphatic heterocycles. The molecule has 9 atom stereocenters. The minimum absolute atomic E-state index is 0.198. The van der Waals surface area contributed by atoms with Crippen molar-refractivity contribution in [1.82, 2.24) is 0 Å². The maximum absolute atomic E-state index is 13.7. The van der Waals surface area contributed by atoms with E-state index in [1.807, 2.05) is 62.3 Å². The first-order valence-electron chi connectivity index (χ1n) is 16.2. The molecule has 0 aromatic carbocycles. The number of Topliss-reactive ketones (excluding diaryl/α,β-unsaturated/α-hetero) is 3.